The fourth-order valence-corrected chi connectivity index (χ4v) is 2.94. The smallest absolute Gasteiger partial charge is 0.0332 e. The van der Waals surface area contributed by atoms with Gasteiger partial charge < -0.3 is 5.73 Å². The van der Waals surface area contributed by atoms with Gasteiger partial charge in [-0.25, -0.2) is 0 Å². The zero-order valence-corrected chi connectivity index (χ0v) is 11.6. The van der Waals surface area contributed by atoms with E-state index in [0.717, 1.165) is 12.8 Å². The molecule has 0 amide bonds. The van der Waals surface area contributed by atoms with Crippen molar-refractivity contribution in [3.8, 4) is 0 Å². The fourth-order valence-electron chi connectivity index (χ4n) is 2.94. The molecule has 0 saturated carbocycles. The Morgan fingerprint density at radius 2 is 2.17 bits per heavy atom. The minimum Gasteiger partial charge on any atom is -0.326 e. The number of rotatable bonds is 5. The molecule has 3 heteroatoms. The first-order valence-corrected chi connectivity index (χ1v) is 7.06. The predicted molar refractivity (Wildman–Crippen MR) is 75.4 cm³/mol. The molecule has 0 aliphatic carbocycles. The second kappa shape index (κ2) is 5.81. The Labute approximate surface area is 110 Å². The summed E-state index contributed by atoms with van der Waals surface area (Å²) in [5, 5.41) is 0. The summed E-state index contributed by atoms with van der Waals surface area (Å²) in [4.78, 5) is 6.75. The largest absolute Gasteiger partial charge is 0.326 e. The maximum absolute atomic E-state index is 6.51. The third-order valence-electron chi connectivity index (χ3n) is 4.52. The molecular formula is C15H25N3. The van der Waals surface area contributed by atoms with Crippen LogP contribution in [-0.2, 0) is 6.42 Å². The second-order valence-electron chi connectivity index (χ2n) is 5.58. The van der Waals surface area contributed by atoms with Gasteiger partial charge in [0, 0.05) is 24.0 Å². The van der Waals surface area contributed by atoms with E-state index in [2.05, 4.69) is 29.8 Å². The SMILES string of the molecule is CCC(C)(C(N)Cc1cccnc1)N1CCCC1. The monoisotopic (exact) mass is 247 g/mol. The van der Waals surface area contributed by atoms with Crippen molar-refractivity contribution in [2.24, 2.45) is 5.73 Å². The summed E-state index contributed by atoms with van der Waals surface area (Å²) in [6.45, 7) is 6.97. The molecule has 1 fully saturated rings. The summed E-state index contributed by atoms with van der Waals surface area (Å²) < 4.78 is 0. The molecule has 0 aromatic carbocycles. The first-order valence-electron chi connectivity index (χ1n) is 7.06. The second-order valence-corrected chi connectivity index (χ2v) is 5.58. The molecule has 2 rings (SSSR count). The van der Waals surface area contributed by atoms with E-state index in [1.165, 1.54) is 31.5 Å². The standard InChI is InChI=1S/C15H25N3/c1-3-15(2,18-9-4-5-10-18)14(16)11-13-7-6-8-17-12-13/h6-8,12,14H,3-5,9-11,16H2,1-2H3. The lowest BCUT2D eigenvalue weighted by molar-refractivity contribution is 0.0998. The molecule has 18 heavy (non-hydrogen) atoms. The summed E-state index contributed by atoms with van der Waals surface area (Å²) in [7, 11) is 0. The van der Waals surface area contributed by atoms with Crippen LogP contribution in [0.15, 0.2) is 24.5 Å². The Morgan fingerprint density at radius 3 is 2.72 bits per heavy atom. The van der Waals surface area contributed by atoms with Gasteiger partial charge in [0.05, 0.1) is 0 Å². The number of nitrogens with zero attached hydrogens (tertiary/aromatic N) is 2. The Morgan fingerprint density at radius 1 is 1.44 bits per heavy atom. The van der Waals surface area contributed by atoms with Crippen molar-refractivity contribution in [3.63, 3.8) is 0 Å². The highest BCUT2D eigenvalue weighted by Gasteiger charge is 2.37. The van der Waals surface area contributed by atoms with E-state index in [0.29, 0.717) is 0 Å². The fraction of sp³-hybridized carbons (Fsp3) is 0.667. The van der Waals surface area contributed by atoms with Crippen molar-refractivity contribution in [2.45, 2.75) is 51.1 Å². The molecule has 1 aliphatic rings. The van der Waals surface area contributed by atoms with E-state index in [4.69, 9.17) is 5.73 Å². The van der Waals surface area contributed by atoms with Crippen LogP contribution in [0.5, 0.6) is 0 Å². The van der Waals surface area contributed by atoms with Gasteiger partial charge in [-0.3, -0.25) is 9.88 Å². The number of hydrogen-bond acceptors (Lipinski definition) is 3. The minimum absolute atomic E-state index is 0.117. The van der Waals surface area contributed by atoms with Gasteiger partial charge in [0.1, 0.15) is 0 Å². The van der Waals surface area contributed by atoms with Crippen LogP contribution in [0.2, 0.25) is 0 Å². The van der Waals surface area contributed by atoms with Gasteiger partial charge >= 0.3 is 0 Å². The average Bonchev–Trinajstić information content (AvgIpc) is 2.93. The lowest BCUT2D eigenvalue weighted by atomic mass is 9.84. The molecule has 100 valence electrons. The maximum atomic E-state index is 6.51. The van der Waals surface area contributed by atoms with Crippen LogP contribution >= 0.6 is 0 Å². The highest BCUT2D eigenvalue weighted by atomic mass is 15.2. The number of hydrogen-bond donors (Lipinski definition) is 1. The third-order valence-corrected chi connectivity index (χ3v) is 4.52. The first-order chi connectivity index (χ1) is 8.66. The Balaban J connectivity index is 2.07. The zero-order valence-electron chi connectivity index (χ0n) is 11.6. The van der Waals surface area contributed by atoms with Crippen molar-refractivity contribution in [2.75, 3.05) is 13.1 Å². The van der Waals surface area contributed by atoms with Gasteiger partial charge in [0.15, 0.2) is 0 Å². The Kier molecular flexibility index (Phi) is 4.36. The molecule has 3 nitrogen and oxygen atoms in total. The number of aromatic nitrogens is 1. The van der Waals surface area contributed by atoms with Gasteiger partial charge in [-0.05, 0) is 57.3 Å². The van der Waals surface area contributed by atoms with Crippen LogP contribution in [0.1, 0.15) is 38.7 Å². The lowest BCUT2D eigenvalue weighted by Gasteiger charge is -2.43. The van der Waals surface area contributed by atoms with Gasteiger partial charge in [0.2, 0.25) is 0 Å². The van der Waals surface area contributed by atoms with Crippen molar-refractivity contribution in [3.05, 3.63) is 30.1 Å². The topological polar surface area (TPSA) is 42.1 Å². The van der Waals surface area contributed by atoms with Gasteiger partial charge in [-0.2, -0.15) is 0 Å². The molecule has 2 unspecified atom stereocenters. The van der Waals surface area contributed by atoms with E-state index < -0.39 is 0 Å². The molecule has 1 aliphatic heterocycles. The number of likely N-dealkylation sites (tertiary alicyclic amines) is 1. The van der Waals surface area contributed by atoms with Crippen LogP contribution in [0.4, 0.5) is 0 Å². The molecule has 2 atom stereocenters. The Bertz CT molecular complexity index is 359. The molecule has 2 heterocycles. The highest BCUT2D eigenvalue weighted by molar-refractivity contribution is 5.12. The van der Waals surface area contributed by atoms with E-state index in [1.54, 1.807) is 0 Å². The van der Waals surface area contributed by atoms with Gasteiger partial charge in [0.25, 0.3) is 0 Å². The molecule has 1 aromatic heterocycles. The van der Waals surface area contributed by atoms with Crippen molar-refractivity contribution in [1.82, 2.24) is 9.88 Å². The van der Waals surface area contributed by atoms with Crippen LogP contribution in [0.3, 0.4) is 0 Å². The van der Waals surface area contributed by atoms with Gasteiger partial charge in [-0.1, -0.05) is 13.0 Å². The Hall–Kier alpha value is -0.930. The minimum atomic E-state index is 0.117. The molecule has 1 saturated heterocycles. The van der Waals surface area contributed by atoms with Crippen LogP contribution in [0, 0.1) is 0 Å². The number of pyridine rings is 1. The molecule has 0 spiro atoms. The molecular weight excluding hydrogens is 222 g/mol. The predicted octanol–water partition coefficient (Wildman–Crippen LogP) is 2.22. The van der Waals surface area contributed by atoms with Crippen LogP contribution in [0.25, 0.3) is 0 Å². The summed E-state index contributed by atoms with van der Waals surface area (Å²) in [6, 6.07) is 4.28. The summed E-state index contributed by atoms with van der Waals surface area (Å²) in [6.07, 6.45) is 8.39. The molecule has 2 N–H and O–H groups in total. The van der Waals surface area contributed by atoms with Crippen molar-refractivity contribution in [1.29, 1.82) is 0 Å². The summed E-state index contributed by atoms with van der Waals surface area (Å²) in [5.74, 6) is 0. The molecule has 0 radical (unpaired) electrons. The average molecular weight is 247 g/mol. The summed E-state index contributed by atoms with van der Waals surface area (Å²) >= 11 is 0. The van der Waals surface area contributed by atoms with E-state index in [9.17, 15) is 0 Å². The van der Waals surface area contributed by atoms with E-state index in [1.807, 2.05) is 18.5 Å². The third kappa shape index (κ3) is 2.73. The normalized spacial score (nSPS) is 21.7. The van der Waals surface area contributed by atoms with Crippen LogP contribution < -0.4 is 5.73 Å². The van der Waals surface area contributed by atoms with Gasteiger partial charge in [-0.15, -0.1) is 0 Å². The highest BCUT2D eigenvalue weighted by Crippen LogP contribution is 2.28. The lowest BCUT2D eigenvalue weighted by Crippen LogP contribution is -2.57. The van der Waals surface area contributed by atoms with E-state index in [-0.39, 0.29) is 11.6 Å². The summed E-state index contributed by atoms with van der Waals surface area (Å²) in [5.41, 5.74) is 7.86. The first kappa shape index (κ1) is 13.5. The zero-order chi connectivity index (χ0) is 13.0. The van der Waals surface area contributed by atoms with Crippen molar-refractivity contribution >= 4 is 0 Å². The molecule has 1 aromatic rings. The number of nitrogens with two attached hydrogens (primary N) is 1. The van der Waals surface area contributed by atoms with Crippen molar-refractivity contribution < 1.29 is 0 Å². The quantitative estimate of drug-likeness (QED) is 0.867. The maximum Gasteiger partial charge on any atom is 0.0332 e. The molecule has 0 bridgehead atoms. The van der Waals surface area contributed by atoms with E-state index >= 15 is 0 Å². The van der Waals surface area contributed by atoms with Crippen LogP contribution in [-0.4, -0.2) is 34.6 Å².